The maximum atomic E-state index is 10.4. The highest BCUT2D eigenvalue weighted by molar-refractivity contribution is 6.29. The minimum atomic E-state index is -0.134. The quantitative estimate of drug-likeness (QED) is 0.342. The molecule has 0 aliphatic carbocycles. The molecule has 0 saturated heterocycles. The SMILES string of the molecule is CCOC=CC(=O)CCl. The molecule has 0 aromatic rings. The van der Waals surface area contributed by atoms with E-state index in [2.05, 4.69) is 0 Å². The average molecular weight is 149 g/mol. The Labute approximate surface area is 59.5 Å². The first-order chi connectivity index (χ1) is 4.31. The lowest BCUT2D eigenvalue weighted by molar-refractivity contribution is -0.112. The lowest BCUT2D eigenvalue weighted by atomic mass is 10.4. The number of carbonyl (C=O) groups is 1. The molecule has 0 aromatic heterocycles. The fraction of sp³-hybridized carbons (Fsp3) is 0.500. The maximum Gasteiger partial charge on any atom is 0.173 e. The Morgan fingerprint density at radius 1 is 1.78 bits per heavy atom. The topological polar surface area (TPSA) is 26.3 Å². The molecular weight excluding hydrogens is 140 g/mol. The van der Waals surface area contributed by atoms with Crippen molar-refractivity contribution >= 4 is 17.4 Å². The van der Waals surface area contributed by atoms with Gasteiger partial charge in [-0.15, -0.1) is 11.6 Å². The minimum Gasteiger partial charge on any atom is -0.501 e. The molecule has 0 heterocycles. The zero-order valence-corrected chi connectivity index (χ0v) is 6.02. The Balaban J connectivity index is 3.32. The number of alkyl halides is 1. The van der Waals surface area contributed by atoms with Crippen molar-refractivity contribution in [2.75, 3.05) is 12.5 Å². The highest BCUT2D eigenvalue weighted by atomic mass is 35.5. The smallest absolute Gasteiger partial charge is 0.173 e. The monoisotopic (exact) mass is 148 g/mol. The lowest BCUT2D eigenvalue weighted by Crippen LogP contribution is -1.92. The largest absolute Gasteiger partial charge is 0.501 e. The van der Waals surface area contributed by atoms with E-state index < -0.39 is 0 Å². The van der Waals surface area contributed by atoms with Crippen LogP contribution in [0.15, 0.2) is 12.3 Å². The summed E-state index contributed by atoms with van der Waals surface area (Å²) in [6, 6.07) is 0. The van der Waals surface area contributed by atoms with Crippen LogP contribution in [0.5, 0.6) is 0 Å². The summed E-state index contributed by atoms with van der Waals surface area (Å²) in [5.41, 5.74) is 0. The normalized spacial score (nSPS) is 10.0. The Morgan fingerprint density at radius 3 is 2.89 bits per heavy atom. The number of halogens is 1. The van der Waals surface area contributed by atoms with Gasteiger partial charge in [0.15, 0.2) is 5.78 Å². The second-order valence-corrected chi connectivity index (χ2v) is 1.63. The van der Waals surface area contributed by atoms with Gasteiger partial charge in [-0.05, 0) is 6.92 Å². The number of hydrogen-bond donors (Lipinski definition) is 0. The van der Waals surface area contributed by atoms with Crippen LogP contribution in [0.2, 0.25) is 0 Å². The second kappa shape index (κ2) is 5.63. The number of carbonyl (C=O) groups excluding carboxylic acids is 1. The molecule has 0 atom stereocenters. The first-order valence-electron chi connectivity index (χ1n) is 2.68. The molecule has 0 saturated carbocycles. The van der Waals surface area contributed by atoms with Crippen LogP contribution in [0, 0.1) is 0 Å². The predicted octanol–water partition coefficient (Wildman–Crippen LogP) is 1.34. The highest BCUT2D eigenvalue weighted by Gasteiger charge is 1.88. The third-order valence-corrected chi connectivity index (χ3v) is 0.912. The first-order valence-corrected chi connectivity index (χ1v) is 3.21. The molecule has 0 aromatic carbocycles. The maximum absolute atomic E-state index is 10.4. The fourth-order valence-electron chi connectivity index (χ4n) is 0.265. The molecule has 0 radical (unpaired) electrons. The van der Waals surface area contributed by atoms with Gasteiger partial charge in [0.1, 0.15) is 0 Å². The van der Waals surface area contributed by atoms with E-state index in [-0.39, 0.29) is 11.7 Å². The summed E-state index contributed by atoms with van der Waals surface area (Å²) in [5.74, 6) is -0.117. The van der Waals surface area contributed by atoms with Gasteiger partial charge >= 0.3 is 0 Å². The Morgan fingerprint density at radius 2 is 2.44 bits per heavy atom. The van der Waals surface area contributed by atoms with E-state index in [1.165, 1.54) is 12.3 Å². The summed E-state index contributed by atoms with van der Waals surface area (Å²) in [6.45, 7) is 2.42. The summed E-state index contributed by atoms with van der Waals surface area (Å²) >= 11 is 5.17. The zero-order valence-electron chi connectivity index (χ0n) is 5.26. The van der Waals surface area contributed by atoms with Crippen LogP contribution in [0.4, 0.5) is 0 Å². The third-order valence-electron chi connectivity index (χ3n) is 0.649. The van der Waals surface area contributed by atoms with Crippen molar-refractivity contribution in [3.8, 4) is 0 Å². The molecule has 0 fully saturated rings. The van der Waals surface area contributed by atoms with Crippen LogP contribution >= 0.6 is 11.6 Å². The van der Waals surface area contributed by atoms with Gasteiger partial charge < -0.3 is 4.74 Å². The Kier molecular flexibility index (Phi) is 5.32. The molecule has 0 spiro atoms. The van der Waals surface area contributed by atoms with E-state index in [0.29, 0.717) is 6.61 Å². The molecule has 9 heavy (non-hydrogen) atoms. The van der Waals surface area contributed by atoms with Crippen molar-refractivity contribution in [2.45, 2.75) is 6.92 Å². The predicted molar refractivity (Wildman–Crippen MR) is 36.5 cm³/mol. The molecule has 2 nitrogen and oxygen atoms in total. The highest BCUT2D eigenvalue weighted by Crippen LogP contribution is 1.82. The van der Waals surface area contributed by atoms with Crippen LogP contribution in [0.3, 0.4) is 0 Å². The molecule has 0 aliphatic heterocycles. The summed E-state index contributed by atoms with van der Waals surface area (Å²) in [7, 11) is 0. The van der Waals surface area contributed by atoms with Gasteiger partial charge in [-0.1, -0.05) is 0 Å². The standard InChI is InChI=1S/C6H9ClO2/c1-2-9-4-3-6(8)5-7/h3-4H,2,5H2,1H3. The van der Waals surface area contributed by atoms with E-state index in [1.54, 1.807) is 0 Å². The number of ether oxygens (including phenoxy) is 1. The van der Waals surface area contributed by atoms with E-state index >= 15 is 0 Å². The van der Waals surface area contributed by atoms with Gasteiger partial charge in [-0.25, -0.2) is 0 Å². The van der Waals surface area contributed by atoms with Gasteiger partial charge in [0.25, 0.3) is 0 Å². The van der Waals surface area contributed by atoms with Crippen LogP contribution < -0.4 is 0 Å². The van der Waals surface area contributed by atoms with Crippen molar-refractivity contribution < 1.29 is 9.53 Å². The van der Waals surface area contributed by atoms with E-state index in [1.807, 2.05) is 6.92 Å². The molecular formula is C6H9ClO2. The van der Waals surface area contributed by atoms with Gasteiger partial charge in [0.05, 0.1) is 18.7 Å². The molecule has 0 aliphatic rings. The van der Waals surface area contributed by atoms with Crippen molar-refractivity contribution in [2.24, 2.45) is 0 Å². The lowest BCUT2D eigenvalue weighted by Gasteiger charge is -1.89. The van der Waals surface area contributed by atoms with Crippen molar-refractivity contribution in [3.63, 3.8) is 0 Å². The van der Waals surface area contributed by atoms with E-state index in [9.17, 15) is 4.79 Å². The van der Waals surface area contributed by atoms with Crippen LogP contribution in [-0.4, -0.2) is 18.3 Å². The number of hydrogen-bond acceptors (Lipinski definition) is 2. The number of ketones is 1. The Hall–Kier alpha value is -0.500. The summed E-state index contributed by atoms with van der Waals surface area (Å²) in [5, 5.41) is 0. The third kappa shape index (κ3) is 5.37. The molecule has 52 valence electrons. The van der Waals surface area contributed by atoms with Crippen LogP contribution in [0.1, 0.15) is 6.92 Å². The minimum absolute atomic E-state index is 0.0174. The van der Waals surface area contributed by atoms with Crippen molar-refractivity contribution in [1.29, 1.82) is 0 Å². The Bertz CT molecular complexity index is 110. The first kappa shape index (κ1) is 8.50. The molecule has 0 N–H and O–H groups in total. The van der Waals surface area contributed by atoms with Crippen LogP contribution in [0.25, 0.3) is 0 Å². The zero-order chi connectivity index (χ0) is 7.11. The summed E-state index contributed by atoms with van der Waals surface area (Å²) in [4.78, 5) is 10.4. The molecule has 0 bridgehead atoms. The van der Waals surface area contributed by atoms with Gasteiger partial charge in [-0.2, -0.15) is 0 Å². The van der Waals surface area contributed by atoms with Gasteiger partial charge in [0, 0.05) is 6.08 Å². The average Bonchev–Trinajstić information content (AvgIpc) is 1.89. The summed E-state index contributed by atoms with van der Waals surface area (Å²) in [6.07, 6.45) is 2.67. The number of allylic oxidation sites excluding steroid dienone is 1. The molecule has 0 unspecified atom stereocenters. The summed E-state index contributed by atoms with van der Waals surface area (Å²) < 4.78 is 4.75. The van der Waals surface area contributed by atoms with Crippen molar-refractivity contribution in [1.82, 2.24) is 0 Å². The molecule has 0 amide bonds. The molecule has 3 heteroatoms. The van der Waals surface area contributed by atoms with E-state index in [0.717, 1.165) is 0 Å². The van der Waals surface area contributed by atoms with Gasteiger partial charge in [0.2, 0.25) is 0 Å². The van der Waals surface area contributed by atoms with E-state index in [4.69, 9.17) is 16.3 Å². The second-order valence-electron chi connectivity index (χ2n) is 1.36. The van der Waals surface area contributed by atoms with Gasteiger partial charge in [-0.3, -0.25) is 4.79 Å². The van der Waals surface area contributed by atoms with Crippen molar-refractivity contribution in [3.05, 3.63) is 12.3 Å². The van der Waals surface area contributed by atoms with Crippen LogP contribution in [-0.2, 0) is 9.53 Å². The fourth-order valence-corrected chi connectivity index (χ4v) is 0.354. The molecule has 0 rings (SSSR count). The number of rotatable bonds is 4.